The van der Waals surface area contributed by atoms with Gasteiger partial charge in [0.15, 0.2) is 5.13 Å². The van der Waals surface area contributed by atoms with Crippen molar-refractivity contribution in [3.8, 4) is 5.88 Å². The van der Waals surface area contributed by atoms with E-state index in [-0.39, 0.29) is 11.8 Å². The van der Waals surface area contributed by atoms with Gasteiger partial charge in [-0.2, -0.15) is 0 Å². The summed E-state index contributed by atoms with van der Waals surface area (Å²) in [6.45, 7) is 2.34. The number of methoxy groups -OCH3 is 1. The highest BCUT2D eigenvalue weighted by atomic mass is 32.1. The zero-order valence-corrected chi connectivity index (χ0v) is 16.6. The molecule has 0 saturated heterocycles. The Morgan fingerprint density at radius 1 is 1.29 bits per heavy atom. The van der Waals surface area contributed by atoms with Crippen LogP contribution >= 0.6 is 11.3 Å². The molecule has 0 spiro atoms. The lowest BCUT2D eigenvalue weighted by Gasteiger charge is -2.19. The van der Waals surface area contributed by atoms with Crippen molar-refractivity contribution < 1.29 is 9.53 Å². The fourth-order valence-corrected chi connectivity index (χ4v) is 3.99. The zero-order valence-electron chi connectivity index (χ0n) is 15.8. The van der Waals surface area contributed by atoms with E-state index in [0.29, 0.717) is 17.2 Å². The van der Waals surface area contributed by atoms with Gasteiger partial charge in [-0.3, -0.25) is 19.4 Å². The molecule has 28 heavy (non-hydrogen) atoms. The van der Waals surface area contributed by atoms with Gasteiger partial charge in [-0.05, 0) is 36.8 Å². The molecule has 0 aliphatic rings. The number of hydrogen-bond acceptors (Lipinski definition) is 6. The van der Waals surface area contributed by atoms with Crippen LogP contribution in [-0.2, 0) is 13.6 Å². The number of aryl methyl sites for hydroxylation is 2. The summed E-state index contributed by atoms with van der Waals surface area (Å²) in [6.07, 6.45) is 3.37. The highest BCUT2D eigenvalue weighted by Crippen LogP contribution is 2.32. The first kappa shape index (κ1) is 18.1. The largest absolute Gasteiger partial charge is 0.479 e. The maximum atomic E-state index is 13.4. The van der Waals surface area contributed by atoms with E-state index < -0.39 is 0 Å². The highest BCUT2D eigenvalue weighted by molar-refractivity contribution is 7.22. The fourth-order valence-electron chi connectivity index (χ4n) is 2.93. The van der Waals surface area contributed by atoms with Gasteiger partial charge in [-0.25, -0.2) is 4.98 Å². The number of nitrogens with zero attached hydrogens (tertiary/aromatic N) is 5. The SMILES string of the molecule is COc1nn(C)cc1C(=O)N(Cc1ccccn1)c1nc2ccc(C)cc2s1. The van der Waals surface area contributed by atoms with E-state index >= 15 is 0 Å². The molecule has 0 aliphatic heterocycles. The van der Waals surface area contributed by atoms with Gasteiger partial charge in [0.05, 0.1) is 29.6 Å². The lowest BCUT2D eigenvalue weighted by molar-refractivity contribution is 0.0982. The average molecular weight is 393 g/mol. The molecule has 0 unspecified atom stereocenters. The maximum absolute atomic E-state index is 13.4. The first-order chi connectivity index (χ1) is 13.5. The van der Waals surface area contributed by atoms with E-state index in [1.54, 1.807) is 29.0 Å². The summed E-state index contributed by atoms with van der Waals surface area (Å²) in [5, 5.41) is 4.82. The van der Waals surface area contributed by atoms with Crippen LogP contribution in [0.5, 0.6) is 5.88 Å². The first-order valence-corrected chi connectivity index (χ1v) is 9.53. The molecule has 7 nitrogen and oxygen atoms in total. The van der Waals surface area contributed by atoms with Crippen molar-refractivity contribution in [2.45, 2.75) is 13.5 Å². The minimum absolute atomic E-state index is 0.230. The summed E-state index contributed by atoms with van der Waals surface area (Å²) in [4.78, 5) is 24.1. The molecular formula is C20H19N5O2S. The Balaban J connectivity index is 1.79. The molecule has 0 bridgehead atoms. The third-order valence-corrected chi connectivity index (χ3v) is 5.31. The van der Waals surface area contributed by atoms with E-state index in [9.17, 15) is 4.79 Å². The van der Waals surface area contributed by atoms with Crippen molar-refractivity contribution in [1.29, 1.82) is 0 Å². The molecule has 3 heterocycles. The summed E-state index contributed by atoms with van der Waals surface area (Å²) in [5.41, 5.74) is 3.17. The van der Waals surface area contributed by atoms with Crippen LogP contribution in [0.4, 0.5) is 5.13 Å². The number of carbonyl (C=O) groups excluding carboxylic acids is 1. The Morgan fingerprint density at radius 2 is 2.14 bits per heavy atom. The fraction of sp³-hybridized carbons (Fsp3) is 0.200. The molecule has 1 aromatic carbocycles. The number of benzene rings is 1. The summed E-state index contributed by atoms with van der Waals surface area (Å²) in [6, 6.07) is 11.7. The number of fused-ring (bicyclic) bond motifs is 1. The topological polar surface area (TPSA) is 73.1 Å². The van der Waals surface area contributed by atoms with Crippen LogP contribution in [0.3, 0.4) is 0 Å². The number of hydrogen-bond donors (Lipinski definition) is 0. The Kier molecular flexibility index (Phi) is 4.79. The van der Waals surface area contributed by atoms with Crippen LogP contribution in [0.15, 0.2) is 48.8 Å². The van der Waals surface area contributed by atoms with Crippen LogP contribution in [0.2, 0.25) is 0 Å². The third-order valence-electron chi connectivity index (χ3n) is 4.27. The number of rotatable bonds is 5. The van der Waals surface area contributed by atoms with Gasteiger partial charge in [0.2, 0.25) is 5.88 Å². The minimum atomic E-state index is -0.230. The van der Waals surface area contributed by atoms with Crippen molar-refractivity contribution >= 4 is 32.6 Å². The summed E-state index contributed by atoms with van der Waals surface area (Å²) in [7, 11) is 3.26. The molecule has 0 fully saturated rings. The van der Waals surface area contributed by atoms with Gasteiger partial charge in [0.25, 0.3) is 5.91 Å². The van der Waals surface area contributed by atoms with Crippen LogP contribution < -0.4 is 9.64 Å². The normalized spacial score (nSPS) is 11.0. The number of ether oxygens (including phenoxy) is 1. The van der Waals surface area contributed by atoms with E-state index in [1.165, 1.54) is 18.4 Å². The van der Waals surface area contributed by atoms with Gasteiger partial charge in [0.1, 0.15) is 5.56 Å². The number of amides is 1. The van der Waals surface area contributed by atoms with Crippen molar-refractivity contribution in [2.75, 3.05) is 12.0 Å². The minimum Gasteiger partial charge on any atom is -0.479 e. The Bertz CT molecular complexity index is 1140. The van der Waals surface area contributed by atoms with Crippen molar-refractivity contribution in [3.63, 3.8) is 0 Å². The average Bonchev–Trinajstić information content (AvgIpc) is 3.29. The smallest absolute Gasteiger partial charge is 0.267 e. The third kappa shape index (κ3) is 3.46. The van der Waals surface area contributed by atoms with E-state index in [4.69, 9.17) is 4.74 Å². The number of thiazole rings is 1. The van der Waals surface area contributed by atoms with E-state index in [1.807, 2.05) is 37.3 Å². The number of carbonyl (C=O) groups is 1. The van der Waals surface area contributed by atoms with Crippen LogP contribution in [-0.4, -0.2) is 32.8 Å². The zero-order chi connectivity index (χ0) is 19.7. The first-order valence-electron chi connectivity index (χ1n) is 8.72. The molecule has 0 aliphatic carbocycles. The highest BCUT2D eigenvalue weighted by Gasteiger charge is 2.26. The maximum Gasteiger partial charge on any atom is 0.267 e. The molecule has 0 N–H and O–H groups in total. The van der Waals surface area contributed by atoms with Gasteiger partial charge < -0.3 is 4.74 Å². The Labute approximate surface area is 166 Å². The van der Waals surface area contributed by atoms with Crippen molar-refractivity contribution in [2.24, 2.45) is 7.05 Å². The number of anilines is 1. The van der Waals surface area contributed by atoms with Crippen LogP contribution in [0.25, 0.3) is 10.2 Å². The standard InChI is InChI=1S/C20H19N5O2S/c1-13-7-8-16-17(10-13)28-20(22-16)25(11-14-6-4-5-9-21-14)19(26)15-12-24(2)23-18(15)27-3/h4-10,12H,11H2,1-3H3. The molecular weight excluding hydrogens is 374 g/mol. The lowest BCUT2D eigenvalue weighted by Crippen LogP contribution is -2.30. The lowest BCUT2D eigenvalue weighted by atomic mass is 10.2. The molecule has 4 rings (SSSR count). The van der Waals surface area contributed by atoms with E-state index in [2.05, 4.69) is 21.1 Å². The van der Waals surface area contributed by atoms with Crippen LogP contribution in [0, 0.1) is 6.92 Å². The van der Waals surface area contributed by atoms with Gasteiger partial charge in [-0.15, -0.1) is 5.10 Å². The Morgan fingerprint density at radius 3 is 2.89 bits per heavy atom. The summed E-state index contributed by atoms with van der Waals surface area (Å²) >= 11 is 1.48. The monoisotopic (exact) mass is 393 g/mol. The molecule has 8 heteroatoms. The number of aromatic nitrogens is 4. The number of pyridine rings is 1. The van der Waals surface area contributed by atoms with Crippen LogP contribution in [0.1, 0.15) is 21.6 Å². The second kappa shape index (κ2) is 7.40. The van der Waals surface area contributed by atoms with Gasteiger partial charge >= 0.3 is 0 Å². The molecule has 142 valence electrons. The summed E-state index contributed by atoms with van der Waals surface area (Å²) in [5.74, 6) is 0.0573. The second-order valence-corrected chi connectivity index (χ2v) is 7.41. The van der Waals surface area contributed by atoms with Crippen molar-refractivity contribution in [3.05, 3.63) is 65.6 Å². The van der Waals surface area contributed by atoms with Gasteiger partial charge in [-0.1, -0.05) is 23.5 Å². The second-order valence-electron chi connectivity index (χ2n) is 6.41. The quantitative estimate of drug-likeness (QED) is 0.518. The molecule has 3 aromatic heterocycles. The van der Waals surface area contributed by atoms with Crippen molar-refractivity contribution in [1.82, 2.24) is 19.7 Å². The molecule has 0 saturated carbocycles. The molecule has 0 radical (unpaired) electrons. The molecule has 4 aromatic rings. The van der Waals surface area contributed by atoms with E-state index in [0.717, 1.165) is 21.5 Å². The Hall–Kier alpha value is -3.26. The predicted molar refractivity (Wildman–Crippen MR) is 109 cm³/mol. The predicted octanol–water partition coefficient (Wildman–Crippen LogP) is 3.59. The van der Waals surface area contributed by atoms with Gasteiger partial charge in [0, 0.05) is 19.4 Å². The molecule has 0 atom stereocenters. The molecule has 1 amide bonds. The summed E-state index contributed by atoms with van der Waals surface area (Å²) < 4.78 is 7.88.